The van der Waals surface area contributed by atoms with Gasteiger partial charge < -0.3 is 20.1 Å². The van der Waals surface area contributed by atoms with Crippen molar-refractivity contribution in [3.8, 4) is 0 Å². The van der Waals surface area contributed by atoms with E-state index in [2.05, 4.69) is 0 Å². The number of aliphatic hydroxyl groups excluding tert-OH is 3. The molecule has 0 bridgehead atoms. The molecule has 1 saturated heterocycles. The van der Waals surface area contributed by atoms with Crippen LogP contribution in [0, 0.1) is 5.41 Å². The molecule has 1 rings (SSSR count). The molecule has 0 aliphatic carbocycles. The zero-order chi connectivity index (χ0) is 10.2. The van der Waals surface area contributed by atoms with Crippen molar-refractivity contribution in [2.45, 2.75) is 51.8 Å². The van der Waals surface area contributed by atoms with Gasteiger partial charge in [-0.15, -0.1) is 0 Å². The minimum atomic E-state index is -0.970. The van der Waals surface area contributed by atoms with Gasteiger partial charge in [-0.25, -0.2) is 0 Å². The lowest BCUT2D eigenvalue weighted by Gasteiger charge is -2.41. The Bertz CT molecular complexity index is 175. The summed E-state index contributed by atoms with van der Waals surface area (Å²) in [6.45, 7) is 5.68. The zero-order valence-corrected chi connectivity index (χ0v) is 8.27. The molecule has 1 heterocycles. The summed E-state index contributed by atoms with van der Waals surface area (Å²) < 4.78 is 5.18. The number of hydrogen-bond acceptors (Lipinski definition) is 4. The molecule has 0 saturated carbocycles. The van der Waals surface area contributed by atoms with Crippen LogP contribution in [0.25, 0.3) is 0 Å². The fraction of sp³-hybridized carbons (Fsp3) is 1.00. The molecular formula is C9H18O4. The van der Waals surface area contributed by atoms with Crippen LogP contribution < -0.4 is 0 Å². The highest BCUT2D eigenvalue weighted by Crippen LogP contribution is 2.31. The topological polar surface area (TPSA) is 69.9 Å². The second-order valence-corrected chi connectivity index (χ2v) is 4.67. The van der Waals surface area contributed by atoms with Crippen molar-refractivity contribution in [2.75, 3.05) is 0 Å². The van der Waals surface area contributed by atoms with Gasteiger partial charge in [0.1, 0.15) is 6.10 Å². The van der Waals surface area contributed by atoms with Crippen LogP contribution in [-0.4, -0.2) is 39.9 Å². The zero-order valence-electron chi connectivity index (χ0n) is 8.27. The summed E-state index contributed by atoms with van der Waals surface area (Å²) >= 11 is 0. The maximum Gasteiger partial charge on any atom is 0.157 e. The predicted octanol–water partition coefficient (Wildman–Crippen LogP) is -0.138. The Balaban J connectivity index is 2.72. The van der Waals surface area contributed by atoms with E-state index in [1.807, 2.05) is 20.8 Å². The Labute approximate surface area is 78.1 Å². The molecule has 4 unspecified atom stereocenters. The minimum absolute atomic E-state index is 0.0771. The minimum Gasteiger partial charge on any atom is -0.390 e. The van der Waals surface area contributed by atoms with E-state index < -0.39 is 24.6 Å². The molecule has 0 amide bonds. The first-order chi connectivity index (χ1) is 5.82. The highest BCUT2D eigenvalue weighted by Gasteiger charge is 2.42. The molecule has 1 aliphatic heterocycles. The molecule has 4 nitrogen and oxygen atoms in total. The molecule has 1 aliphatic rings. The summed E-state index contributed by atoms with van der Waals surface area (Å²) in [6.07, 6.45) is -3.22. The standard InChI is InChI=1S/C9H18O4/c1-9(2,3)8-7(12)5(10)4-6(11)13-8/h5-8,10-12H,4H2,1-3H3. The number of ether oxygens (including phenoxy) is 1. The summed E-state index contributed by atoms with van der Waals surface area (Å²) in [6, 6.07) is 0. The molecule has 1 fully saturated rings. The van der Waals surface area contributed by atoms with E-state index in [9.17, 15) is 15.3 Å². The van der Waals surface area contributed by atoms with Gasteiger partial charge in [0.15, 0.2) is 6.29 Å². The Morgan fingerprint density at radius 2 is 1.69 bits per heavy atom. The number of aliphatic hydroxyl groups is 3. The van der Waals surface area contributed by atoms with E-state index >= 15 is 0 Å². The quantitative estimate of drug-likeness (QED) is 0.497. The summed E-state index contributed by atoms with van der Waals surface area (Å²) in [4.78, 5) is 0. The lowest BCUT2D eigenvalue weighted by molar-refractivity contribution is -0.255. The van der Waals surface area contributed by atoms with Gasteiger partial charge in [0.05, 0.1) is 12.2 Å². The Morgan fingerprint density at radius 1 is 1.15 bits per heavy atom. The van der Waals surface area contributed by atoms with Crippen LogP contribution in [0.3, 0.4) is 0 Å². The van der Waals surface area contributed by atoms with Crippen molar-refractivity contribution in [1.82, 2.24) is 0 Å². The Hall–Kier alpha value is -0.160. The van der Waals surface area contributed by atoms with Crippen molar-refractivity contribution in [3.63, 3.8) is 0 Å². The van der Waals surface area contributed by atoms with E-state index in [0.29, 0.717) is 0 Å². The third-order valence-corrected chi connectivity index (χ3v) is 2.30. The molecule has 13 heavy (non-hydrogen) atoms. The molecule has 78 valence electrons. The van der Waals surface area contributed by atoms with Crippen molar-refractivity contribution in [1.29, 1.82) is 0 Å². The first kappa shape index (κ1) is 10.9. The van der Waals surface area contributed by atoms with E-state index in [0.717, 1.165) is 0 Å². The first-order valence-corrected chi connectivity index (χ1v) is 4.52. The maximum atomic E-state index is 9.60. The van der Waals surface area contributed by atoms with Gasteiger partial charge in [-0.1, -0.05) is 20.8 Å². The van der Waals surface area contributed by atoms with Crippen LogP contribution in [-0.2, 0) is 4.74 Å². The summed E-state index contributed by atoms with van der Waals surface area (Å²) in [5.74, 6) is 0. The molecule has 4 atom stereocenters. The normalized spacial score (nSPS) is 42.0. The fourth-order valence-corrected chi connectivity index (χ4v) is 1.57. The highest BCUT2D eigenvalue weighted by molar-refractivity contribution is 4.89. The van der Waals surface area contributed by atoms with Crippen LogP contribution in [0.4, 0.5) is 0 Å². The van der Waals surface area contributed by atoms with Crippen LogP contribution in [0.15, 0.2) is 0 Å². The number of rotatable bonds is 0. The molecule has 3 N–H and O–H groups in total. The van der Waals surface area contributed by atoms with Gasteiger partial charge in [-0.05, 0) is 5.41 Å². The van der Waals surface area contributed by atoms with Crippen LogP contribution >= 0.6 is 0 Å². The van der Waals surface area contributed by atoms with E-state index in [1.165, 1.54) is 0 Å². The van der Waals surface area contributed by atoms with Gasteiger partial charge in [0.25, 0.3) is 0 Å². The second-order valence-electron chi connectivity index (χ2n) is 4.67. The fourth-order valence-electron chi connectivity index (χ4n) is 1.57. The van der Waals surface area contributed by atoms with E-state index in [1.54, 1.807) is 0 Å². The van der Waals surface area contributed by atoms with Crippen molar-refractivity contribution in [2.24, 2.45) is 5.41 Å². The third kappa shape index (κ3) is 2.40. The predicted molar refractivity (Wildman–Crippen MR) is 47.0 cm³/mol. The first-order valence-electron chi connectivity index (χ1n) is 4.52. The molecule has 0 aromatic heterocycles. The van der Waals surface area contributed by atoms with E-state index in [4.69, 9.17) is 4.74 Å². The van der Waals surface area contributed by atoms with Crippen molar-refractivity contribution in [3.05, 3.63) is 0 Å². The third-order valence-electron chi connectivity index (χ3n) is 2.30. The Kier molecular flexibility index (Phi) is 2.97. The van der Waals surface area contributed by atoms with Crippen molar-refractivity contribution < 1.29 is 20.1 Å². The maximum absolute atomic E-state index is 9.60. The smallest absolute Gasteiger partial charge is 0.157 e. The van der Waals surface area contributed by atoms with Gasteiger partial charge in [-0.3, -0.25) is 0 Å². The molecular weight excluding hydrogens is 172 g/mol. The van der Waals surface area contributed by atoms with Crippen LogP contribution in [0.2, 0.25) is 0 Å². The average Bonchev–Trinajstić information content (AvgIpc) is 1.94. The molecule has 0 aromatic carbocycles. The van der Waals surface area contributed by atoms with Gasteiger partial charge in [0.2, 0.25) is 0 Å². The monoisotopic (exact) mass is 190 g/mol. The highest BCUT2D eigenvalue weighted by atomic mass is 16.6. The SMILES string of the molecule is CC(C)(C)C1OC(O)CC(O)C1O. The summed E-state index contributed by atoms with van der Waals surface area (Å²) in [5.41, 5.74) is -0.290. The molecule has 0 aromatic rings. The van der Waals surface area contributed by atoms with E-state index in [-0.39, 0.29) is 11.8 Å². The summed E-state index contributed by atoms with van der Waals surface area (Å²) in [5, 5.41) is 28.2. The van der Waals surface area contributed by atoms with Crippen molar-refractivity contribution >= 4 is 0 Å². The molecule has 4 heteroatoms. The lowest BCUT2D eigenvalue weighted by atomic mass is 9.82. The van der Waals surface area contributed by atoms with Crippen LogP contribution in [0.1, 0.15) is 27.2 Å². The van der Waals surface area contributed by atoms with Gasteiger partial charge >= 0.3 is 0 Å². The largest absolute Gasteiger partial charge is 0.390 e. The van der Waals surface area contributed by atoms with Gasteiger partial charge in [-0.2, -0.15) is 0 Å². The van der Waals surface area contributed by atoms with Crippen LogP contribution in [0.5, 0.6) is 0 Å². The summed E-state index contributed by atoms with van der Waals surface area (Å²) in [7, 11) is 0. The lowest BCUT2D eigenvalue weighted by Crippen LogP contribution is -2.53. The molecule has 0 spiro atoms. The number of hydrogen-bond donors (Lipinski definition) is 3. The van der Waals surface area contributed by atoms with Gasteiger partial charge in [0, 0.05) is 6.42 Å². The Morgan fingerprint density at radius 3 is 2.15 bits per heavy atom. The second kappa shape index (κ2) is 3.53. The molecule has 0 radical (unpaired) electrons. The average molecular weight is 190 g/mol.